The number of rotatable bonds is 3. The standard InChI is InChI=1S/C22H22N4O3/c1-14-7-6-12-22(2,3)25(14)18-11-10-15(13-19(18)26(28)29)20-16-8-4-5-9-17(16)21(27)24-23-20/h4-5,8-11,13H,1,6-7,12H2,2-3H3,(H,24,27). The van der Waals surface area contributed by atoms with Crippen LogP contribution in [0.2, 0.25) is 0 Å². The molecule has 1 aliphatic rings. The summed E-state index contributed by atoms with van der Waals surface area (Å²) in [5, 5.41) is 19.8. The van der Waals surface area contributed by atoms with Crippen LogP contribution in [0.5, 0.6) is 0 Å². The Bertz CT molecular complexity index is 1200. The van der Waals surface area contributed by atoms with Gasteiger partial charge < -0.3 is 4.90 Å². The number of H-pyrrole nitrogens is 1. The minimum atomic E-state index is -0.370. The lowest BCUT2D eigenvalue weighted by Crippen LogP contribution is -2.46. The summed E-state index contributed by atoms with van der Waals surface area (Å²) in [6, 6.07) is 12.2. The average Bonchev–Trinajstić information content (AvgIpc) is 2.68. The van der Waals surface area contributed by atoms with Crippen molar-refractivity contribution in [3.8, 4) is 11.3 Å². The Kier molecular flexibility index (Phi) is 4.45. The SMILES string of the molecule is C=C1CCCC(C)(C)N1c1ccc(-c2n[nH]c(=O)c3ccccc23)cc1[N+](=O)[O-]. The van der Waals surface area contributed by atoms with E-state index < -0.39 is 0 Å². The quantitative estimate of drug-likeness (QED) is 0.513. The molecule has 2 aromatic carbocycles. The van der Waals surface area contributed by atoms with Crippen LogP contribution >= 0.6 is 0 Å². The second-order valence-electron chi connectivity index (χ2n) is 7.98. The van der Waals surface area contributed by atoms with Crippen molar-refractivity contribution >= 4 is 22.1 Å². The van der Waals surface area contributed by atoms with E-state index in [4.69, 9.17) is 0 Å². The van der Waals surface area contributed by atoms with E-state index in [0.29, 0.717) is 27.7 Å². The zero-order valence-corrected chi connectivity index (χ0v) is 16.4. The van der Waals surface area contributed by atoms with Crippen LogP contribution in [-0.4, -0.2) is 20.7 Å². The van der Waals surface area contributed by atoms with E-state index in [1.807, 2.05) is 17.0 Å². The third-order valence-electron chi connectivity index (χ3n) is 5.56. The topological polar surface area (TPSA) is 92.1 Å². The number of piperidine rings is 1. The largest absolute Gasteiger partial charge is 0.335 e. The number of nitro benzene ring substituents is 1. The van der Waals surface area contributed by atoms with Crippen molar-refractivity contribution in [2.24, 2.45) is 0 Å². The zero-order chi connectivity index (χ0) is 20.8. The summed E-state index contributed by atoms with van der Waals surface area (Å²) in [6.45, 7) is 8.30. The molecule has 0 unspecified atom stereocenters. The number of nitrogens with one attached hydrogen (secondary N) is 1. The number of allylic oxidation sites excluding steroid dienone is 1. The van der Waals surface area contributed by atoms with Crippen LogP contribution < -0.4 is 10.5 Å². The van der Waals surface area contributed by atoms with E-state index in [1.165, 1.54) is 6.07 Å². The van der Waals surface area contributed by atoms with E-state index in [-0.39, 0.29) is 21.7 Å². The fraction of sp³-hybridized carbons (Fsp3) is 0.273. The minimum absolute atomic E-state index is 0.00398. The summed E-state index contributed by atoms with van der Waals surface area (Å²) < 4.78 is 0. The van der Waals surface area contributed by atoms with Crippen molar-refractivity contribution in [3.05, 3.63) is 75.2 Å². The van der Waals surface area contributed by atoms with Crippen LogP contribution in [0.4, 0.5) is 11.4 Å². The van der Waals surface area contributed by atoms with Crippen LogP contribution in [0.15, 0.2) is 59.5 Å². The molecule has 0 bridgehead atoms. The number of hydrogen-bond donors (Lipinski definition) is 1. The van der Waals surface area contributed by atoms with Gasteiger partial charge in [0.15, 0.2) is 0 Å². The summed E-state index contributed by atoms with van der Waals surface area (Å²) >= 11 is 0. The van der Waals surface area contributed by atoms with Crippen molar-refractivity contribution in [1.82, 2.24) is 10.2 Å². The number of hydrogen-bond acceptors (Lipinski definition) is 5. The van der Waals surface area contributed by atoms with Gasteiger partial charge in [-0.15, -0.1) is 0 Å². The molecule has 1 aromatic heterocycles. The number of nitrogens with zero attached hydrogens (tertiary/aromatic N) is 3. The molecule has 1 N–H and O–H groups in total. The molecule has 0 aliphatic carbocycles. The number of aromatic amines is 1. The van der Waals surface area contributed by atoms with E-state index in [2.05, 4.69) is 30.6 Å². The lowest BCUT2D eigenvalue weighted by atomic mass is 9.88. The zero-order valence-electron chi connectivity index (χ0n) is 16.4. The Balaban J connectivity index is 1.91. The number of aromatic nitrogens is 2. The third kappa shape index (κ3) is 3.18. The Morgan fingerprint density at radius 3 is 2.62 bits per heavy atom. The Labute approximate surface area is 167 Å². The predicted octanol–water partition coefficient (Wildman–Crippen LogP) is 4.78. The molecule has 7 heteroatoms. The maximum Gasteiger partial charge on any atom is 0.293 e. The Hall–Kier alpha value is -3.48. The van der Waals surface area contributed by atoms with E-state index >= 15 is 0 Å². The summed E-state index contributed by atoms with van der Waals surface area (Å²) in [5.74, 6) is 0. The van der Waals surface area contributed by atoms with Crippen molar-refractivity contribution in [2.45, 2.75) is 38.6 Å². The van der Waals surface area contributed by atoms with Gasteiger partial charge in [-0.1, -0.05) is 30.8 Å². The highest BCUT2D eigenvalue weighted by molar-refractivity contribution is 5.94. The molecule has 0 saturated carbocycles. The molecule has 1 fully saturated rings. The van der Waals surface area contributed by atoms with E-state index in [1.54, 1.807) is 24.3 Å². The lowest BCUT2D eigenvalue weighted by Gasteiger charge is -2.45. The fourth-order valence-electron chi connectivity index (χ4n) is 4.21. The highest BCUT2D eigenvalue weighted by atomic mass is 16.6. The first kappa shape index (κ1) is 18.9. The highest BCUT2D eigenvalue weighted by Crippen LogP contribution is 2.43. The number of anilines is 1. The molecule has 0 radical (unpaired) electrons. The molecule has 3 aromatic rings. The molecule has 148 valence electrons. The van der Waals surface area contributed by atoms with Crippen molar-refractivity contribution in [1.29, 1.82) is 0 Å². The van der Waals surface area contributed by atoms with Gasteiger partial charge in [-0.05, 0) is 45.2 Å². The average molecular weight is 390 g/mol. The molecule has 0 atom stereocenters. The first-order valence-corrected chi connectivity index (χ1v) is 9.54. The smallest absolute Gasteiger partial charge is 0.293 e. The van der Waals surface area contributed by atoms with Gasteiger partial charge in [-0.25, -0.2) is 5.10 Å². The summed E-state index contributed by atoms with van der Waals surface area (Å²) in [5.41, 5.74) is 1.94. The molecule has 4 rings (SSSR count). The highest BCUT2D eigenvalue weighted by Gasteiger charge is 2.36. The number of nitro groups is 1. The minimum Gasteiger partial charge on any atom is -0.335 e. The molecular formula is C22H22N4O3. The van der Waals surface area contributed by atoms with Gasteiger partial charge in [-0.3, -0.25) is 14.9 Å². The fourth-order valence-corrected chi connectivity index (χ4v) is 4.21. The molecule has 1 saturated heterocycles. The van der Waals surface area contributed by atoms with Crippen molar-refractivity contribution in [2.75, 3.05) is 4.90 Å². The molecule has 1 aliphatic heterocycles. The van der Waals surface area contributed by atoms with Crippen molar-refractivity contribution < 1.29 is 4.92 Å². The molecule has 29 heavy (non-hydrogen) atoms. The predicted molar refractivity (Wildman–Crippen MR) is 114 cm³/mol. The molecule has 0 spiro atoms. The number of fused-ring (bicyclic) bond motifs is 1. The van der Waals surface area contributed by atoms with Gasteiger partial charge in [0, 0.05) is 28.3 Å². The summed E-state index contributed by atoms with van der Waals surface area (Å²) in [6.07, 6.45) is 2.76. The Morgan fingerprint density at radius 2 is 1.93 bits per heavy atom. The second kappa shape index (κ2) is 6.84. The van der Waals surface area contributed by atoms with Crippen LogP contribution in [0.1, 0.15) is 33.1 Å². The first-order chi connectivity index (χ1) is 13.8. The maximum absolute atomic E-state index is 12.1. The van der Waals surface area contributed by atoms with Crippen LogP contribution in [0, 0.1) is 10.1 Å². The van der Waals surface area contributed by atoms with Gasteiger partial charge in [0.05, 0.1) is 16.0 Å². The molecule has 7 nitrogen and oxygen atoms in total. The van der Waals surface area contributed by atoms with E-state index in [0.717, 1.165) is 25.0 Å². The van der Waals surface area contributed by atoms with Crippen LogP contribution in [0.3, 0.4) is 0 Å². The van der Waals surface area contributed by atoms with Gasteiger partial charge >= 0.3 is 0 Å². The van der Waals surface area contributed by atoms with Crippen molar-refractivity contribution in [3.63, 3.8) is 0 Å². The van der Waals surface area contributed by atoms with Gasteiger partial charge in [-0.2, -0.15) is 5.10 Å². The molecule has 2 heterocycles. The van der Waals surface area contributed by atoms with Gasteiger partial charge in [0.2, 0.25) is 0 Å². The lowest BCUT2D eigenvalue weighted by molar-refractivity contribution is -0.384. The van der Waals surface area contributed by atoms with Gasteiger partial charge in [0.25, 0.3) is 11.2 Å². The summed E-state index contributed by atoms with van der Waals surface area (Å²) in [4.78, 5) is 25.6. The van der Waals surface area contributed by atoms with Crippen LogP contribution in [-0.2, 0) is 0 Å². The third-order valence-corrected chi connectivity index (χ3v) is 5.56. The second-order valence-corrected chi connectivity index (χ2v) is 7.98. The Morgan fingerprint density at radius 1 is 1.21 bits per heavy atom. The van der Waals surface area contributed by atoms with Gasteiger partial charge in [0.1, 0.15) is 5.69 Å². The number of benzene rings is 2. The first-order valence-electron chi connectivity index (χ1n) is 9.54. The molecular weight excluding hydrogens is 368 g/mol. The van der Waals surface area contributed by atoms with E-state index in [9.17, 15) is 14.9 Å². The van der Waals surface area contributed by atoms with Crippen LogP contribution in [0.25, 0.3) is 22.0 Å². The maximum atomic E-state index is 12.1. The summed E-state index contributed by atoms with van der Waals surface area (Å²) in [7, 11) is 0. The monoisotopic (exact) mass is 390 g/mol. The molecule has 0 amide bonds. The normalized spacial score (nSPS) is 16.2.